The van der Waals surface area contributed by atoms with Gasteiger partial charge in [0.25, 0.3) is 0 Å². The van der Waals surface area contributed by atoms with E-state index in [0.717, 1.165) is 12.3 Å². The van der Waals surface area contributed by atoms with Gasteiger partial charge in [-0.3, -0.25) is 0 Å². The Kier molecular flexibility index (Phi) is 5.53. The van der Waals surface area contributed by atoms with Crippen LogP contribution in [0.25, 0.3) is 0 Å². The van der Waals surface area contributed by atoms with Crippen molar-refractivity contribution in [3.05, 3.63) is 22.9 Å². The molecule has 0 aromatic carbocycles. The van der Waals surface area contributed by atoms with E-state index in [9.17, 15) is 4.79 Å². The maximum absolute atomic E-state index is 10.6. The molecular formula is C12H18OS. The average Bonchev–Trinajstić information content (AvgIpc) is 2.75. The van der Waals surface area contributed by atoms with Gasteiger partial charge in [0.1, 0.15) is 5.78 Å². The summed E-state index contributed by atoms with van der Waals surface area (Å²) in [5, 5.41) is 4.08. The molecular weight excluding hydrogens is 192 g/mol. The second-order valence-electron chi connectivity index (χ2n) is 3.85. The number of hydrogen-bond acceptors (Lipinski definition) is 2. The first-order chi connectivity index (χ1) is 6.79. The van der Waals surface area contributed by atoms with Crippen molar-refractivity contribution in [3.63, 3.8) is 0 Å². The molecule has 1 fully saturated rings. The molecule has 2 rings (SSSR count). The Morgan fingerprint density at radius 2 is 1.86 bits per heavy atom. The van der Waals surface area contributed by atoms with Gasteiger partial charge in [0.15, 0.2) is 0 Å². The molecule has 0 saturated heterocycles. The number of rotatable bonds is 2. The zero-order valence-electron chi connectivity index (χ0n) is 8.74. The Bertz CT molecular complexity index is 218. The summed E-state index contributed by atoms with van der Waals surface area (Å²) in [6.07, 6.45) is 6.11. The van der Waals surface area contributed by atoms with E-state index < -0.39 is 0 Å². The lowest BCUT2D eigenvalue weighted by Gasteiger charge is -2.02. The normalized spacial score (nSPS) is 16.1. The summed E-state index contributed by atoms with van der Waals surface area (Å²) in [4.78, 5) is 10.6. The van der Waals surface area contributed by atoms with Crippen molar-refractivity contribution in [3.8, 4) is 0 Å². The van der Waals surface area contributed by atoms with E-state index in [1.165, 1.54) is 25.7 Å². The molecule has 0 amide bonds. The van der Waals surface area contributed by atoms with E-state index in [1.54, 1.807) is 18.3 Å². The Balaban J connectivity index is 0.000000165. The van der Waals surface area contributed by atoms with Crippen molar-refractivity contribution >= 4 is 17.1 Å². The van der Waals surface area contributed by atoms with Crippen LogP contribution in [0.4, 0.5) is 0 Å². The standard InChI is InChI=1S/C8H14O.C4H4S/c1-7(9)6-8-4-2-3-5-8;1-2-4-5-3-1/h8H,2-6H2,1H3;1-4H. The van der Waals surface area contributed by atoms with Gasteiger partial charge in [-0.05, 0) is 23.6 Å². The molecule has 1 nitrogen and oxygen atoms in total. The summed E-state index contributed by atoms with van der Waals surface area (Å²) in [5.41, 5.74) is 0. The van der Waals surface area contributed by atoms with Crippen LogP contribution in [0.2, 0.25) is 0 Å². The van der Waals surface area contributed by atoms with Gasteiger partial charge >= 0.3 is 0 Å². The van der Waals surface area contributed by atoms with Crippen LogP contribution in [0.15, 0.2) is 22.9 Å². The smallest absolute Gasteiger partial charge is 0.130 e. The minimum Gasteiger partial charge on any atom is -0.300 e. The van der Waals surface area contributed by atoms with Crippen molar-refractivity contribution < 1.29 is 4.79 Å². The van der Waals surface area contributed by atoms with Crippen LogP contribution in [0.5, 0.6) is 0 Å². The third-order valence-electron chi connectivity index (χ3n) is 2.48. The topological polar surface area (TPSA) is 17.1 Å². The summed E-state index contributed by atoms with van der Waals surface area (Å²) in [6, 6.07) is 4.04. The quantitative estimate of drug-likeness (QED) is 0.723. The van der Waals surface area contributed by atoms with Gasteiger partial charge < -0.3 is 4.79 Å². The van der Waals surface area contributed by atoms with Crippen LogP contribution in [0.3, 0.4) is 0 Å². The van der Waals surface area contributed by atoms with Crippen molar-refractivity contribution in [1.82, 2.24) is 0 Å². The van der Waals surface area contributed by atoms with Crippen molar-refractivity contribution in [1.29, 1.82) is 0 Å². The van der Waals surface area contributed by atoms with E-state index in [2.05, 4.69) is 0 Å². The molecule has 1 aromatic heterocycles. The fourth-order valence-corrected chi connectivity index (χ4v) is 2.30. The molecule has 1 aliphatic rings. The van der Waals surface area contributed by atoms with Gasteiger partial charge in [-0.25, -0.2) is 0 Å². The maximum Gasteiger partial charge on any atom is 0.130 e. The zero-order chi connectivity index (χ0) is 10.2. The summed E-state index contributed by atoms with van der Waals surface area (Å²) in [6.45, 7) is 1.69. The van der Waals surface area contributed by atoms with Crippen LogP contribution in [-0.2, 0) is 4.79 Å². The molecule has 1 aromatic rings. The minimum atomic E-state index is 0.363. The van der Waals surface area contributed by atoms with Gasteiger partial charge in [-0.2, -0.15) is 11.3 Å². The van der Waals surface area contributed by atoms with Crippen LogP contribution < -0.4 is 0 Å². The first-order valence-corrected chi connectivity index (χ1v) is 6.20. The summed E-state index contributed by atoms with van der Waals surface area (Å²) >= 11 is 1.71. The van der Waals surface area contributed by atoms with Gasteiger partial charge in [0.2, 0.25) is 0 Å². The zero-order valence-corrected chi connectivity index (χ0v) is 9.56. The highest BCUT2D eigenvalue weighted by Crippen LogP contribution is 2.27. The van der Waals surface area contributed by atoms with Crippen LogP contribution >= 0.6 is 11.3 Å². The fourth-order valence-electron chi connectivity index (χ4n) is 1.85. The molecule has 14 heavy (non-hydrogen) atoms. The van der Waals surface area contributed by atoms with E-state index in [0.29, 0.717) is 5.78 Å². The molecule has 1 heterocycles. The van der Waals surface area contributed by atoms with Gasteiger partial charge in [-0.1, -0.05) is 37.8 Å². The number of hydrogen-bond donors (Lipinski definition) is 0. The average molecular weight is 210 g/mol. The highest BCUT2D eigenvalue weighted by molar-refractivity contribution is 7.07. The molecule has 1 aliphatic carbocycles. The second kappa shape index (κ2) is 6.77. The third-order valence-corrected chi connectivity index (χ3v) is 3.10. The van der Waals surface area contributed by atoms with Gasteiger partial charge in [0, 0.05) is 6.42 Å². The lowest BCUT2D eigenvalue weighted by Crippen LogP contribution is -1.99. The number of carbonyl (C=O) groups is 1. The Labute approximate surface area is 90.2 Å². The molecule has 0 aliphatic heterocycles. The molecule has 78 valence electrons. The van der Waals surface area contributed by atoms with Gasteiger partial charge in [0.05, 0.1) is 0 Å². The van der Waals surface area contributed by atoms with E-state index >= 15 is 0 Å². The van der Waals surface area contributed by atoms with Crippen LogP contribution in [0, 0.1) is 5.92 Å². The van der Waals surface area contributed by atoms with E-state index in [1.807, 2.05) is 22.9 Å². The number of Topliss-reactive ketones (excluding diaryl/α,β-unsaturated/α-hetero) is 1. The monoisotopic (exact) mass is 210 g/mol. The number of thiophene rings is 1. The van der Waals surface area contributed by atoms with Crippen LogP contribution in [-0.4, -0.2) is 5.78 Å². The second-order valence-corrected chi connectivity index (χ2v) is 4.67. The molecule has 0 bridgehead atoms. The Hall–Kier alpha value is -0.630. The summed E-state index contributed by atoms with van der Waals surface area (Å²) in [5.74, 6) is 1.10. The molecule has 0 radical (unpaired) electrons. The Morgan fingerprint density at radius 3 is 2.21 bits per heavy atom. The lowest BCUT2D eigenvalue weighted by atomic mass is 10.0. The van der Waals surface area contributed by atoms with Crippen LogP contribution in [0.1, 0.15) is 39.0 Å². The number of carbonyl (C=O) groups excluding carboxylic acids is 1. The van der Waals surface area contributed by atoms with E-state index in [4.69, 9.17) is 0 Å². The van der Waals surface area contributed by atoms with E-state index in [-0.39, 0.29) is 0 Å². The molecule has 0 N–H and O–H groups in total. The highest BCUT2D eigenvalue weighted by Gasteiger charge is 2.15. The fraction of sp³-hybridized carbons (Fsp3) is 0.583. The Morgan fingerprint density at radius 1 is 1.29 bits per heavy atom. The lowest BCUT2D eigenvalue weighted by molar-refractivity contribution is -0.117. The molecule has 0 spiro atoms. The summed E-state index contributed by atoms with van der Waals surface area (Å²) in [7, 11) is 0. The molecule has 0 atom stereocenters. The number of ketones is 1. The molecule has 2 heteroatoms. The maximum atomic E-state index is 10.6. The van der Waals surface area contributed by atoms with Crippen molar-refractivity contribution in [2.45, 2.75) is 39.0 Å². The highest BCUT2D eigenvalue weighted by atomic mass is 32.1. The molecule has 0 unspecified atom stereocenters. The first kappa shape index (κ1) is 11.4. The van der Waals surface area contributed by atoms with Crippen molar-refractivity contribution in [2.24, 2.45) is 5.92 Å². The third kappa shape index (κ3) is 5.18. The SMILES string of the molecule is CC(=O)CC1CCCC1.c1ccsc1. The van der Waals surface area contributed by atoms with Gasteiger partial charge in [-0.15, -0.1) is 0 Å². The predicted molar refractivity (Wildman–Crippen MR) is 61.6 cm³/mol. The minimum absolute atomic E-state index is 0.363. The first-order valence-electron chi connectivity index (χ1n) is 5.25. The summed E-state index contributed by atoms with van der Waals surface area (Å²) < 4.78 is 0. The molecule has 1 saturated carbocycles. The predicted octanol–water partition coefficient (Wildman–Crippen LogP) is 3.90. The van der Waals surface area contributed by atoms with Crippen molar-refractivity contribution in [2.75, 3.05) is 0 Å². The largest absolute Gasteiger partial charge is 0.300 e.